The molecule has 1 heterocycles. The number of amides is 1. The molecule has 166 valence electrons. The van der Waals surface area contributed by atoms with Gasteiger partial charge in [-0.25, -0.2) is 4.79 Å². The van der Waals surface area contributed by atoms with Crippen molar-refractivity contribution in [3.05, 3.63) is 53.6 Å². The van der Waals surface area contributed by atoms with Gasteiger partial charge in [-0.2, -0.15) is 0 Å². The molecule has 2 aromatic carbocycles. The monoisotopic (exact) mass is 424 g/mol. The van der Waals surface area contributed by atoms with Crippen LogP contribution in [-0.4, -0.2) is 38.2 Å². The molecule has 6 nitrogen and oxygen atoms in total. The van der Waals surface area contributed by atoms with Crippen LogP contribution in [0.2, 0.25) is 0 Å². The summed E-state index contributed by atoms with van der Waals surface area (Å²) in [5.74, 6) is 0.195. The number of carbonyl (C=O) groups is 2. The second-order valence-corrected chi connectivity index (χ2v) is 8.92. The van der Waals surface area contributed by atoms with Crippen molar-refractivity contribution >= 4 is 23.3 Å². The number of benzene rings is 2. The summed E-state index contributed by atoms with van der Waals surface area (Å²) >= 11 is 0. The van der Waals surface area contributed by atoms with E-state index in [2.05, 4.69) is 50.4 Å². The van der Waals surface area contributed by atoms with Crippen LogP contribution in [0.5, 0.6) is 5.75 Å². The fraction of sp³-hybridized carbons (Fsp3) is 0.440. The number of nitrogens with one attached hydrogen (secondary N) is 1. The minimum Gasteiger partial charge on any atom is -0.475 e. The molecule has 0 saturated carbocycles. The van der Waals surface area contributed by atoms with Gasteiger partial charge in [0.1, 0.15) is 5.75 Å². The third-order valence-electron chi connectivity index (χ3n) is 5.37. The molecule has 6 heteroatoms. The highest BCUT2D eigenvalue weighted by Gasteiger charge is 2.30. The largest absolute Gasteiger partial charge is 0.475 e. The number of likely N-dealkylation sites (N-methyl/N-ethyl adjacent to an activating group) is 1. The van der Waals surface area contributed by atoms with Crippen molar-refractivity contribution in [3.8, 4) is 5.75 Å². The Hall–Kier alpha value is -3.02. The van der Waals surface area contributed by atoms with Gasteiger partial charge in [-0.3, -0.25) is 4.79 Å². The molecular weight excluding hydrogens is 392 g/mol. The Morgan fingerprint density at radius 3 is 2.52 bits per heavy atom. The minimum absolute atomic E-state index is 0.0383. The summed E-state index contributed by atoms with van der Waals surface area (Å²) in [6, 6.07) is 13.9. The Morgan fingerprint density at radius 1 is 1.16 bits per heavy atom. The van der Waals surface area contributed by atoms with Crippen molar-refractivity contribution in [2.45, 2.75) is 52.1 Å². The van der Waals surface area contributed by atoms with Gasteiger partial charge in [0.2, 0.25) is 12.0 Å². The van der Waals surface area contributed by atoms with Crippen molar-refractivity contribution < 1.29 is 19.1 Å². The summed E-state index contributed by atoms with van der Waals surface area (Å²) in [5.41, 5.74) is 4.08. The molecule has 0 aromatic heterocycles. The fourth-order valence-electron chi connectivity index (χ4n) is 3.54. The van der Waals surface area contributed by atoms with Gasteiger partial charge < -0.3 is 19.7 Å². The number of ether oxygens (including phenoxy) is 2. The Morgan fingerprint density at radius 2 is 1.87 bits per heavy atom. The van der Waals surface area contributed by atoms with Crippen molar-refractivity contribution in [2.75, 3.05) is 30.4 Å². The number of nitrogens with zero attached hydrogens (tertiary/aromatic N) is 1. The summed E-state index contributed by atoms with van der Waals surface area (Å²) in [7, 11) is 1.89. The Balaban J connectivity index is 1.58. The molecule has 0 radical (unpaired) electrons. The highest BCUT2D eigenvalue weighted by atomic mass is 16.6. The zero-order valence-corrected chi connectivity index (χ0v) is 19.0. The number of rotatable bonds is 6. The van der Waals surface area contributed by atoms with Crippen LogP contribution in [0, 0.1) is 0 Å². The van der Waals surface area contributed by atoms with Gasteiger partial charge >= 0.3 is 5.97 Å². The van der Waals surface area contributed by atoms with Gasteiger partial charge in [0.25, 0.3) is 0 Å². The molecule has 1 amide bonds. The third kappa shape index (κ3) is 5.78. The average molecular weight is 425 g/mol. The number of hydrogen-bond donors (Lipinski definition) is 1. The maximum absolute atomic E-state index is 12.5. The summed E-state index contributed by atoms with van der Waals surface area (Å²) in [6.07, 6.45) is 0.442. The van der Waals surface area contributed by atoms with Crippen molar-refractivity contribution in [2.24, 2.45) is 0 Å². The summed E-state index contributed by atoms with van der Waals surface area (Å²) in [5, 5.41) is 2.96. The average Bonchev–Trinajstić information content (AvgIpc) is 2.72. The maximum atomic E-state index is 12.5. The van der Waals surface area contributed by atoms with E-state index in [0.29, 0.717) is 37.4 Å². The lowest BCUT2D eigenvalue weighted by Crippen LogP contribution is -2.43. The molecule has 1 unspecified atom stereocenters. The lowest BCUT2D eigenvalue weighted by Gasteiger charge is -2.32. The van der Waals surface area contributed by atoms with Gasteiger partial charge in [0, 0.05) is 19.2 Å². The maximum Gasteiger partial charge on any atom is 0.349 e. The van der Waals surface area contributed by atoms with Crippen molar-refractivity contribution in [3.63, 3.8) is 0 Å². The first-order valence-corrected chi connectivity index (χ1v) is 10.7. The molecule has 1 atom stereocenters. The van der Waals surface area contributed by atoms with Crippen LogP contribution >= 0.6 is 0 Å². The fourth-order valence-corrected chi connectivity index (χ4v) is 3.54. The quantitative estimate of drug-likeness (QED) is 0.700. The van der Waals surface area contributed by atoms with Gasteiger partial charge in [0.15, 0.2) is 0 Å². The molecule has 31 heavy (non-hydrogen) atoms. The molecule has 0 saturated heterocycles. The van der Waals surface area contributed by atoms with Crippen molar-refractivity contribution in [1.29, 1.82) is 0 Å². The standard InChI is InChI=1S/C25H32N2O4/c1-6-30-24(29)22-16-27(5)20-15-19(12-13-21(20)31-22)26-23(28)14-9-17-7-10-18(11-8-17)25(2,3)4/h7-8,10-13,15,22H,6,9,14,16H2,1-5H3,(H,26,28). The second-order valence-electron chi connectivity index (χ2n) is 8.92. The molecule has 1 N–H and O–H groups in total. The Bertz CT molecular complexity index is 932. The molecule has 0 bridgehead atoms. The molecular formula is C25H32N2O4. The second kappa shape index (κ2) is 9.41. The number of esters is 1. The normalized spacial score (nSPS) is 15.6. The van der Waals surface area contributed by atoms with Gasteiger partial charge in [0.05, 0.1) is 18.8 Å². The SMILES string of the molecule is CCOC(=O)C1CN(C)c2cc(NC(=O)CCc3ccc(C(C)(C)C)cc3)ccc2O1. The highest BCUT2D eigenvalue weighted by molar-refractivity contribution is 5.92. The number of aryl methyl sites for hydroxylation is 1. The van der Waals surface area contributed by atoms with Crippen LogP contribution in [0.15, 0.2) is 42.5 Å². The van der Waals surface area contributed by atoms with E-state index in [4.69, 9.17) is 9.47 Å². The summed E-state index contributed by atoms with van der Waals surface area (Å²) in [4.78, 5) is 26.4. The van der Waals surface area contributed by atoms with E-state index >= 15 is 0 Å². The predicted octanol–water partition coefficient (Wildman–Crippen LogP) is 4.32. The van der Waals surface area contributed by atoms with Crippen LogP contribution in [0.4, 0.5) is 11.4 Å². The van der Waals surface area contributed by atoms with Crippen LogP contribution < -0.4 is 15.0 Å². The Kier molecular flexibility index (Phi) is 6.88. The topological polar surface area (TPSA) is 67.9 Å². The third-order valence-corrected chi connectivity index (χ3v) is 5.37. The van der Waals surface area contributed by atoms with E-state index in [1.165, 1.54) is 5.56 Å². The van der Waals surface area contributed by atoms with Gasteiger partial charge in [-0.15, -0.1) is 0 Å². The van der Waals surface area contributed by atoms with E-state index in [0.717, 1.165) is 11.3 Å². The molecule has 2 aromatic rings. The van der Waals surface area contributed by atoms with E-state index in [-0.39, 0.29) is 17.3 Å². The highest BCUT2D eigenvalue weighted by Crippen LogP contribution is 2.35. The first kappa shape index (κ1) is 22.7. The molecule has 0 fully saturated rings. The lowest BCUT2D eigenvalue weighted by molar-refractivity contribution is -0.151. The first-order valence-electron chi connectivity index (χ1n) is 10.7. The Labute approximate surface area is 184 Å². The van der Waals surface area contributed by atoms with Gasteiger partial charge in [-0.05, 0) is 48.1 Å². The zero-order valence-electron chi connectivity index (χ0n) is 19.0. The number of anilines is 2. The zero-order chi connectivity index (χ0) is 22.6. The molecule has 0 spiro atoms. The smallest absolute Gasteiger partial charge is 0.349 e. The van der Waals surface area contributed by atoms with Crippen LogP contribution in [0.1, 0.15) is 45.2 Å². The summed E-state index contributed by atoms with van der Waals surface area (Å²) < 4.78 is 10.8. The lowest BCUT2D eigenvalue weighted by atomic mass is 9.86. The van der Waals surface area contributed by atoms with Crippen LogP contribution in [0.25, 0.3) is 0 Å². The van der Waals surface area contributed by atoms with E-state index in [1.807, 2.05) is 18.0 Å². The summed E-state index contributed by atoms with van der Waals surface area (Å²) in [6.45, 7) is 9.05. The van der Waals surface area contributed by atoms with Gasteiger partial charge in [-0.1, -0.05) is 45.0 Å². The van der Waals surface area contributed by atoms with E-state index in [1.54, 1.807) is 19.1 Å². The van der Waals surface area contributed by atoms with Crippen LogP contribution in [-0.2, 0) is 26.2 Å². The van der Waals surface area contributed by atoms with Crippen molar-refractivity contribution in [1.82, 2.24) is 0 Å². The number of carbonyl (C=O) groups excluding carboxylic acids is 2. The number of fused-ring (bicyclic) bond motifs is 1. The predicted molar refractivity (Wildman–Crippen MR) is 123 cm³/mol. The molecule has 1 aliphatic heterocycles. The first-order chi connectivity index (χ1) is 14.7. The van der Waals surface area contributed by atoms with E-state index in [9.17, 15) is 9.59 Å². The van der Waals surface area contributed by atoms with Crippen LogP contribution in [0.3, 0.4) is 0 Å². The minimum atomic E-state index is -0.650. The number of hydrogen-bond acceptors (Lipinski definition) is 5. The molecule has 0 aliphatic carbocycles. The van der Waals surface area contributed by atoms with E-state index < -0.39 is 6.10 Å². The molecule has 1 aliphatic rings. The molecule has 3 rings (SSSR count).